The number of anilines is 2. The Kier molecular flexibility index (Phi) is 6.43. The van der Waals surface area contributed by atoms with E-state index in [1.165, 1.54) is 11.3 Å². The van der Waals surface area contributed by atoms with Crippen molar-refractivity contribution in [1.82, 2.24) is 15.0 Å². The van der Waals surface area contributed by atoms with Crippen molar-refractivity contribution >= 4 is 39.9 Å². The van der Waals surface area contributed by atoms with Gasteiger partial charge in [-0.3, -0.25) is 4.79 Å². The number of amides is 1. The first-order chi connectivity index (χ1) is 13.4. The number of hydrogen-bond acceptors (Lipinski definition) is 7. The van der Waals surface area contributed by atoms with Gasteiger partial charge in [-0.25, -0.2) is 15.0 Å². The normalized spacial score (nSPS) is 10.9. The van der Waals surface area contributed by atoms with Gasteiger partial charge in [0.15, 0.2) is 5.13 Å². The van der Waals surface area contributed by atoms with E-state index < -0.39 is 0 Å². The number of nitrogens with one attached hydrogen (secondary N) is 2. The van der Waals surface area contributed by atoms with Gasteiger partial charge in [-0.05, 0) is 26.0 Å². The van der Waals surface area contributed by atoms with Gasteiger partial charge < -0.3 is 16.4 Å². The maximum atomic E-state index is 11.0. The summed E-state index contributed by atoms with van der Waals surface area (Å²) in [6.45, 7) is 4.47. The van der Waals surface area contributed by atoms with E-state index in [0.717, 1.165) is 21.3 Å². The first kappa shape index (κ1) is 20.0. The van der Waals surface area contributed by atoms with E-state index >= 15 is 0 Å². The molecule has 1 amide bonds. The number of rotatable bonds is 8. The van der Waals surface area contributed by atoms with Crippen LogP contribution in [0.15, 0.2) is 36.5 Å². The average molecular weight is 417 g/mol. The van der Waals surface area contributed by atoms with Crippen molar-refractivity contribution in [2.24, 2.45) is 5.73 Å². The van der Waals surface area contributed by atoms with Gasteiger partial charge in [-0.1, -0.05) is 41.1 Å². The standard InChI is InChI=1S/C19H21ClN6OS/c1-11(2)24-19-23-10-16(28-19)15-9-14(12-5-3-4-6-13(12)20)25-18(26-15)22-8-7-17(21)27/h3-6,9-11H,7-8H2,1-2H3,(H2,21,27)(H,23,24)(H,22,25,26). The SMILES string of the molecule is CC(C)Nc1ncc(-c2cc(-c3ccccc3Cl)nc(NCCC(N)=O)n2)s1. The second-order valence-electron chi connectivity index (χ2n) is 6.41. The number of hydrogen-bond donors (Lipinski definition) is 3. The number of carbonyl (C=O) groups is 1. The summed E-state index contributed by atoms with van der Waals surface area (Å²) in [5.74, 6) is 0.0160. The fourth-order valence-electron chi connectivity index (χ4n) is 2.46. The molecule has 9 heteroatoms. The van der Waals surface area contributed by atoms with Crippen LogP contribution in [-0.2, 0) is 4.79 Å². The zero-order valence-corrected chi connectivity index (χ0v) is 17.1. The molecule has 0 bridgehead atoms. The van der Waals surface area contributed by atoms with Crippen LogP contribution in [0.2, 0.25) is 5.02 Å². The molecule has 0 spiro atoms. The van der Waals surface area contributed by atoms with E-state index in [-0.39, 0.29) is 18.4 Å². The molecular formula is C19H21ClN6OS. The van der Waals surface area contributed by atoms with Crippen molar-refractivity contribution in [1.29, 1.82) is 0 Å². The molecule has 0 aliphatic rings. The second-order valence-corrected chi connectivity index (χ2v) is 7.85. The molecule has 2 aromatic heterocycles. The molecule has 0 unspecified atom stereocenters. The third-order valence-electron chi connectivity index (χ3n) is 3.70. The van der Waals surface area contributed by atoms with Crippen molar-refractivity contribution in [2.75, 3.05) is 17.2 Å². The third kappa shape index (κ3) is 5.17. The van der Waals surface area contributed by atoms with Gasteiger partial charge in [-0.15, -0.1) is 0 Å². The number of aromatic nitrogens is 3. The second kappa shape index (κ2) is 8.99. The molecule has 146 valence electrons. The summed E-state index contributed by atoms with van der Waals surface area (Å²) >= 11 is 7.87. The van der Waals surface area contributed by atoms with Crippen LogP contribution in [-0.4, -0.2) is 33.4 Å². The first-order valence-electron chi connectivity index (χ1n) is 8.81. The lowest BCUT2D eigenvalue weighted by atomic mass is 10.1. The maximum absolute atomic E-state index is 11.0. The molecular weight excluding hydrogens is 396 g/mol. The van der Waals surface area contributed by atoms with Crippen LogP contribution < -0.4 is 16.4 Å². The van der Waals surface area contributed by atoms with Crippen LogP contribution in [0.4, 0.5) is 11.1 Å². The van der Waals surface area contributed by atoms with Crippen molar-refractivity contribution in [3.63, 3.8) is 0 Å². The third-order valence-corrected chi connectivity index (χ3v) is 4.98. The Morgan fingerprint density at radius 1 is 1.25 bits per heavy atom. The molecule has 0 saturated heterocycles. The molecule has 2 heterocycles. The van der Waals surface area contributed by atoms with E-state index in [4.69, 9.17) is 17.3 Å². The topological polar surface area (TPSA) is 106 Å². The molecule has 4 N–H and O–H groups in total. The zero-order valence-electron chi connectivity index (χ0n) is 15.6. The number of thiazole rings is 1. The van der Waals surface area contributed by atoms with Crippen LogP contribution in [0.5, 0.6) is 0 Å². The number of nitrogens with zero attached hydrogens (tertiary/aromatic N) is 3. The molecule has 28 heavy (non-hydrogen) atoms. The molecule has 0 aliphatic carbocycles. The van der Waals surface area contributed by atoms with Gasteiger partial charge in [-0.2, -0.15) is 0 Å². The number of primary amides is 1. The van der Waals surface area contributed by atoms with Crippen LogP contribution >= 0.6 is 22.9 Å². The largest absolute Gasteiger partial charge is 0.370 e. The molecule has 3 rings (SSSR count). The quantitative estimate of drug-likeness (QED) is 0.512. The van der Waals surface area contributed by atoms with Gasteiger partial charge in [0.2, 0.25) is 11.9 Å². The van der Waals surface area contributed by atoms with Crippen molar-refractivity contribution in [2.45, 2.75) is 26.3 Å². The lowest BCUT2D eigenvalue weighted by Gasteiger charge is -2.10. The average Bonchev–Trinajstić information content (AvgIpc) is 3.09. The predicted molar refractivity (Wildman–Crippen MR) is 115 cm³/mol. The van der Waals surface area contributed by atoms with Crippen molar-refractivity contribution in [3.8, 4) is 21.8 Å². The molecule has 3 aromatic rings. The highest BCUT2D eigenvalue weighted by atomic mass is 35.5. The van der Waals surface area contributed by atoms with Crippen LogP contribution in [0.1, 0.15) is 20.3 Å². The van der Waals surface area contributed by atoms with Gasteiger partial charge in [0.05, 0.1) is 16.3 Å². The number of halogens is 1. The Balaban J connectivity index is 1.98. The number of benzene rings is 1. The van der Waals surface area contributed by atoms with Gasteiger partial charge in [0.1, 0.15) is 0 Å². The van der Waals surface area contributed by atoms with Crippen LogP contribution in [0.3, 0.4) is 0 Å². The minimum absolute atomic E-state index is 0.192. The number of carbonyl (C=O) groups excluding carboxylic acids is 1. The molecule has 0 aliphatic heterocycles. The molecule has 0 saturated carbocycles. The fourth-order valence-corrected chi connectivity index (χ4v) is 3.62. The summed E-state index contributed by atoms with van der Waals surface area (Å²) in [5.41, 5.74) is 7.42. The zero-order chi connectivity index (χ0) is 20.1. The molecule has 1 aromatic carbocycles. The minimum Gasteiger partial charge on any atom is -0.370 e. The molecule has 0 atom stereocenters. The van der Waals surface area contributed by atoms with Gasteiger partial charge >= 0.3 is 0 Å². The lowest BCUT2D eigenvalue weighted by molar-refractivity contribution is -0.117. The highest BCUT2D eigenvalue weighted by molar-refractivity contribution is 7.18. The Morgan fingerprint density at radius 3 is 2.71 bits per heavy atom. The Labute approximate surface area is 172 Å². The van der Waals surface area contributed by atoms with Crippen LogP contribution in [0.25, 0.3) is 21.8 Å². The summed E-state index contributed by atoms with van der Waals surface area (Å²) in [4.78, 5) is 25.4. The Bertz CT molecular complexity index is 975. The summed E-state index contributed by atoms with van der Waals surface area (Å²) < 4.78 is 0. The summed E-state index contributed by atoms with van der Waals surface area (Å²) in [5, 5.41) is 7.77. The van der Waals surface area contributed by atoms with Crippen molar-refractivity contribution < 1.29 is 4.79 Å². The van der Waals surface area contributed by atoms with Crippen molar-refractivity contribution in [3.05, 3.63) is 41.6 Å². The molecule has 7 nitrogen and oxygen atoms in total. The Morgan fingerprint density at radius 2 is 2.00 bits per heavy atom. The first-order valence-corrected chi connectivity index (χ1v) is 10.0. The van der Waals surface area contributed by atoms with E-state index in [2.05, 4.69) is 39.4 Å². The Hall–Kier alpha value is -2.71. The predicted octanol–water partition coefficient (Wildman–Crippen LogP) is 4.03. The highest BCUT2D eigenvalue weighted by Crippen LogP contribution is 2.33. The van der Waals surface area contributed by atoms with Gasteiger partial charge in [0, 0.05) is 35.8 Å². The van der Waals surface area contributed by atoms with Gasteiger partial charge in [0.25, 0.3) is 0 Å². The molecule has 0 radical (unpaired) electrons. The van der Waals surface area contributed by atoms with E-state index in [1.807, 2.05) is 30.3 Å². The highest BCUT2D eigenvalue weighted by Gasteiger charge is 2.13. The summed E-state index contributed by atoms with van der Waals surface area (Å²) in [7, 11) is 0. The van der Waals surface area contributed by atoms with E-state index in [0.29, 0.717) is 23.2 Å². The van der Waals surface area contributed by atoms with E-state index in [1.54, 1.807) is 6.20 Å². The minimum atomic E-state index is -0.387. The summed E-state index contributed by atoms with van der Waals surface area (Å²) in [6.07, 6.45) is 1.97. The lowest BCUT2D eigenvalue weighted by Crippen LogP contribution is -2.16. The maximum Gasteiger partial charge on any atom is 0.223 e. The summed E-state index contributed by atoms with van der Waals surface area (Å²) in [6, 6.07) is 9.66. The monoisotopic (exact) mass is 416 g/mol. The fraction of sp³-hybridized carbons (Fsp3) is 0.263. The number of nitrogens with two attached hydrogens (primary N) is 1. The smallest absolute Gasteiger partial charge is 0.223 e. The molecule has 0 fully saturated rings. The van der Waals surface area contributed by atoms with E-state index in [9.17, 15) is 4.79 Å². The van der Waals surface area contributed by atoms with Crippen LogP contribution in [0, 0.1) is 0 Å².